The Labute approximate surface area is 109 Å². The summed E-state index contributed by atoms with van der Waals surface area (Å²) in [5, 5.41) is 22.9. The summed E-state index contributed by atoms with van der Waals surface area (Å²) in [6.07, 6.45) is -2.50. The lowest BCUT2D eigenvalue weighted by Gasteiger charge is -2.19. The lowest BCUT2D eigenvalue weighted by molar-refractivity contribution is 0.0145. The van der Waals surface area contributed by atoms with Crippen LogP contribution in [0.4, 0.5) is 4.39 Å². The van der Waals surface area contributed by atoms with Gasteiger partial charge >= 0.3 is 0 Å². The Morgan fingerprint density at radius 1 is 1.53 bits per heavy atom. The van der Waals surface area contributed by atoms with Crippen molar-refractivity contribution in [2.45, 2.75) is 25.6 Å². The summed E-state index contributed by atoms with van der Waals surface area (Å²) in [6.45, 7) is 1.27. The molecule has 0 aromatic heterocycles. The summed E-state index contributed by atoms with van der Waals surface area (Å²) in [7, 11) is 0. The van der Waals surface area contributed by atoms with Crippen LogP contribution in [-0.4, -0.2) is 28.6 Å². The molecule has 0 bridgehead atoms. The molecular formula is C12H14FN3O3. The minimum Gasteiger partial charge on any atom is -0.390 e. The predicted octanol–water partition coefficient (Wildman–Crippen LogP) is 2.12. The maximum atomic E-state index is 13.1. The van der Waals surface area contributed by atoms with E-state index in [-0.39, 0.29) is 24.1 Å². The Morgan fingerprint density at radius 2 is 2.21 bits per heavy atom. The minimum absolute atomic E-state index is 0.0192. The maximum absolute atomic E-state index is 13.1. The third-order valence-electron chi connectivity index (χ3n) is 2.67. The SMILES string of the molecule is CC(=O)c1cc(F)ccc1C(O)C(O)CCN=[N+]=[N-]. The second kappa shape index (κ2) is 6.84. The Bertz CT molecular complexity index is 515. The first-order valence-corrected chi connectivity index (χ1v) is 5.64. The van der Waals surface area contributed by atoms with Crippen LogP contribution >= 0.6 is 0 Å². The van der Waals surface area contributed by atoms with Gasteiger partial charge in [-0.05, 0) is 36.6 Å². The number of carbonyl (C=O) groups excluding carboxylic acids is 1. The van der Waals surface area contributed by atoms with Gasteiger partial charge in [-0.2, -0.15) is 0 Å². The quantitative estimate of drug-likeness (QED) is 0.357. The molecule has 0 radical (unpaired) electrons. The topological polar surface area (TPSA) is 106 Å². The first-order valence-electron chi connectivity index (χ1n) is 5.64. The van der Waals surface area contributed by atoms with Gasteiger partial charge in [0.1, 0.15) is 11.9 Å². The van der Waals surface area contributed by atoms with Crippen molar-refractivity contribution in [2.75, 3.05) is 6.54 Å². The number of azide groups is 1. The third-order valence-corrected chi connectivity index (χ3v) is 2.67. The molecule has 1 rings (SSSR count). The normalized spacial score (nSPS) is 13.5. The number of hydrogen-bond acceptors (Lipinski definition) is 4. The molecule has 0 fully saturated rings. The van der Waals surface area contributed by atoms with Gasteiger partial charge in [-0.25, -0.2) is 4.39 Å². The summed E-state index contributed by atoms with van der Waals surface area (Å²) in [4.78, 5) is 13.9. The number of halogens is 1. The lowest BCUT2D eigenvalue weighted by atomic mass is 9.95. The number of rotatable bonds is 6. The van der Waals surface area contributed by atoms with E-state index in [0.717, 1.165) is 12.1 Å². The van der Waals surface area contributed by atoms with Crippen molar-refractivity contribution in [1.29, 1.82) is 0 Å². The lowest BCUT2D eigenvalue weighted by Crippen LogP contribution is -2.21. The molecule has 2 atom stereocenters. The highest BCUT2D eigenvalue weighted by Gasteiger charge is 2.22. The summed E-state index contributed by atoms with van der Waals surface area (Å²) >= 11 is 0. The molecule has 2 N–H and O–H groups in total. The zero-order valence-electron chi connectivity index (χ0n) is 10.3. The van der Waals surface area contributed by atoms with Crippen LogP contribution in [0.3, 0.4) is 0 Å². The second-order valence-corrected chi connectivity index (χ2v) is 4.04. The fourth-order valence-electron chi connectivity index (χ4n) is 1.69. The Kier molecular flexibility index (Phi) is 5.44. The average molecular weight is 267 g/mol. The smallest absolute Gasteiger partial charge is 0.160 e. The number of benzene rings is 1. The first kappa shape index (κ1) is 15.1. The van der Waals surface area contributed by atoms with E-state index in [4.69, 9.17) is 5.53 Å². The number of hydrogen-bond donors (Lipinski definition) is 2. The summed E-state index contributed by atoms with van der Waals surface area (Å²) in [5.41, 5.74) is 8.29. The van der Waals surface area contributed by atoms with E-state index in [0.29, 0.717) is 0 Å². The van der Waals surface area contributed by atoms with Crippen LogP contribution in [0.25, 0.3) is 10.4 Å². The summed E-state index contributed by atoms with van der Waals surface area (Å²) in [6, 6.07) is 3.37. The van der Waals surface area contributed by atoms with Crippen LogP contribution in [-0.2, 0) is 0 Å². The molecule has 7 heteroatoms. The van der Waals surface area contributed by atoms with E-state index in [1.54, 1.807) is 0 Å². The van der Waals surface area contributed by atoms with Crippen molar-refractivity contribution >= 4 is 5.78 Å². The van der Waals surface area contributed by atoms with Crippen molar-refractivity contribution in [1.82, 2.24) is 0 Å². The molecule has 0 aliphatic heterocycles. The second-order valence-electron chi connectivity index (χ2n) is 4.04. The standard InChI is InChI=1S/C12H14FN3O3/c1-7(17)10-6-8(13)2-3-9(10)12(19)11(18)4-5-15-16-14/h2-3,6,11-12,18-19H,4-5H2,1H3. The van der Waals surface area contributed by atoms with Crippen LogP contribution in [0.1, 0.15) is 35.4 Å². The Balaban J connectivity index is 2.95. The van der Waals surface area contributed by atoms with Crippen LogP contribution < -0.4 is 0 Å². The van der Waals surface area contributed by atoms with E-state index >= 15 is 0 Å². The average Bonchev–Trinajstić information content (AvgIpc) is 2.38. The largest absolute Gasteiger partial charge is 0.390 e. The maximum Gasteiger partial charge on any atom is 0.160 e. The van der Waals surface area contributed by atoms with E-state index in [2.05, 4.69) is 10.0 Å². The number of Topliss-reactive ketones (excluding diaryl/α,β-unsaturated/α-hetero) is 1. The van der Waals surface area contributed by atoms with Crippen LogP contribution in [0.15, 0.2) is 23.3 Å². The van der Waals surface area contributed by atoms with Crippen LogP contribution in [0.2, 0.25) is 0 Å². The highest BCUT2D eigenvalue weighted by atomic mass is 19.1. The summed E-state index contributed by atoms with van der Waals surface area (Å²) in [5.74, 6) is -1.000. The van der Waals surface area contributed by atoms with Gasteiger partial charge in [-0.3, -0.25) is 4.79 Å². The molecule has 2 unspecified atom stereocenters. The molecule has 0 saturated heterocycles. The molecule has 0 spiro atoms. The predicted molar refractivity (Wildman–Crippen MR) is 66.0 cm³/mol. The Morgan fingerprint density at radius 3 is 2.79 bits per heavy atom. The van der Waals surface area contributed by atoms with Gasteiger partial charge in [0.2, 0.25) is 0 Å². The van der Waals surface area contributed by atoms with Gasteiger partial charge in [0.05, 0.1) is 6.10 Å². The monoisotopic (exact) mass is 267 g/mol. The number of nitrogens with zero attached hydrogens (tertiary/aromatic N) is 3. The molecule has 1 aromatic rings. The van der Waals surface area contributed by atoms with Gasteiger partial charge in [0.25, 0.3) is 0 Å². The van der Waals surface area contributed by atoms with E-state index in [9.17, 15) is 19.4 Å². The van der Waals surface area contributed by atoms with Crippen molar-refractivity contribution in [3.63, 3.8) is 0 Å². The van der Waals surface area contributed by atoms with E-state index < -0.39 is 23.8 Å². The fourth-order valence-corrected chi connectivity index (χ4v) is 1.69. The molecular weight excluding hydrogens is 253 g/mol. The summed E-state index contributed by atoms with van der Waals surface area (Å²) < 4.78 is 13.1. The molecule has 0 aliphatic carbocycles. The van der Waals surface area contributed by atoms with Crippen LogP contribution in [0.5, 0.6) is 0 Å². The van der Waals surface area contributed by atoms with Crippen molar-refractivity contribution in [2.24, 2.45) is 5.11 Å². The van der Waals surface area contributed by atoms with Crippen molar-refractivity contribution in [3.8, 4) is 0 Å². The van der Waals surface area contributed by atoms with Gasteiger partial charge in [0, 0.05) is 17.0 Å². The van der Waals surface area contributed by atoms with E-state index in [1.165, 1.54) is 13.0 Å². The molecule has 0 saturated carbocycles. The third kappa shape index (κ3) is 4.03. The molecule has 0 aliphatic rings. The number of aliphatic hydroxyl groups excluding tert-OH is 2. The molecule has 6 nitrogen and oxygen atoms in total. The van der Waals surface area contributed by atoms with Gasteiger partial charge in [-0.15, -0.1) is 0 Å². The van der Waals surface area contributed by atoms with Gasteiger partial charge < -0.3 is 10.2 Å². The Hall–Kier alpha value is -1.95. The fraction of sp³-hybridized carbons (Fsp3) is 0.417. The molecule has 0 heterocycles. The first-order chi connectivity index (χ1) is 8.97. The number of carbonyl (C=O) groups is 1. The zero-order valence-corrected chi connectivity index (χ0v) is 10.3. The van der Waals surface area contributed by atoms with Crippen molar-refractivity contribution in [3.05, 3.63) is 45.6 Å². The van der Waals surface area contributed by atoms with Gasteiger partial charge in [0.15, 0.2) is 5.78 Å². The number of ketones is 1. The molecule has 102 valence electrons. The highest BCUT2D eigenvalue weighted by molar-refractivity contribution is 5.95. The molecule has 1 aromatic carbocycles. The van der Waals surface area contributed by atoms with E-state index in [1.807, 2.05) is 0 Å². The van der Waals surface area contributed by atoms with Crippen LogP contribution in [0, 0.1) is 5.82 Å². The van der Waals surface area contributed by atoms with Crippen molar-refractivity contribution < 1.29 is 19.4 Å². The van der Waals surface area contributed by atoms with Gasteiger partial charge in [-0.1, -0.05) is 11.2 Å². The molecule has 19 heavy (non-hydrogen) atoms. The number of aliphatic hydroxyl groups is 2. The minimum atomic E-state index is -1.34. The zero-order chi connectivity index (χ0) is 14.4. The molecule has 0 amide bonds. The highest BCUT2D eigenvalue weighted by Crippen LogP contribution is 2.24.